The molecule has 6 nitrogen and oxygen atoms in total. The molecule has 3 N–H and O–H groups in total. The van der Waals surface area contributed by atoms with Crippen molar-refractivity contribution in [3.05, 3.63) is 0 Å². The van der Waals surface area contributed by atoms with Crippen LogP contribution in [0.25, 0.3) is 0 Å². The lowest BCUT2D eigenvalue weighted by Gasteiger charge is -2.07. The van der Waals surface area contributed by atoms with E-state index in [1.165, 1.54) is 0 Å². The highest BCUT2D eigenvalue weighted by Gasteiger charge is 2.05. The van der Waals surface area contributed by atoms with E-state index in [0.717, 1.165) is 6.42 Å². The normalized spacial score (nSPS) is 11.9. The molecule has 0 rings (SSSR count). The number of aliphatic hydroxyl groups is 1. The average Bonchev–Trinajstić information content (AvgIpc) is 2.20. The Hall–Kier alpha value is -0.210. The van der Waals surface area contributed by atoms with Gasteiger partial charge in [0, 0.05) is 19.7 Å². The van der Waals surface area contributed by atoms with Crippen molar-refractivity contribution >= 4 is 10.2 Å². The number of rotatable bonds is 10. The Morgan fingerprint density at radius 3 is 2.47 bits per heavy atom. The molecule has 0 aliphatic rings. The molecule has 0 amide bonds. The minimum Gasteiger partial charge on any atom is -0.394 e. The van der Waals surface area contributed by atoms with Gasteiger partial charge >= 0.3 is 0 Å². The summed E-state index contributed by atoms with van der Waals surface area (Å²) >= 11 is 0. The molecule has 0 aromatic carbocycles. The van der Waals surface area contributed by atoms with Crippen LogP contribution in [0.1, 0.15) is 19.8 Å². The van der Waals surface area contributed by atoms with Crippen LogP contribution < -0.4 is 9.44 Å². The van der Waals surface area contributed by atoms with Gasteiger partial charge in [0.25, 0.3) is 10.2 Å². The molecule has 0 heterocycles. The first-order valence-corrected chi connectivity index (χ1v) is 6.53. The fourth-order valence-corrected chi connectivity index (χ4v) is 1.82. The molecule has 0 saturated carbocycles. The van der Waals surface area contributed by atoms with Gasteiger partial charge in [0.2, 0.25) is 0 Å². The molecule has 0 aliphatic carbocycles. The molecule has 0 bridgehead atoms. The van der Waals surface area contributed by atoms with E-state index >= 15 is 0 Å². The van der Waals surface area contributed by atoms with Crippen LogP contribution >= 0.6 is 0 Å². The third-order valence-electron chi connectivity index (χ3n) is 1.54. The molecule has 0 unspecified atom stereocenters. The number of hydrogen-bond donors (Lipinski definition) is 3. The van der Waals surface area contributed by atoms with Crippen molar-refractivity contribution < 1.29 is 18.3 Å². The van der Waals surface area contributed by atoms with Gasteiger partial charge in [-0.2, -0.15) is 8.42 Å². The van der Waals surface area contributed by atoms with Crippen molar-refractivity contribution in [3.63, 3.8) is 0 Å². The second-order valence-corrected chi connectivity index (χ2v) is 4.57. The molecular formula is C8H20N2O4S. The Bertz CT molecular complexity index is 231. The van der Waals surface area contributed by atoms with Crippen LogP contribution in [0.5, 0.6) is 0 Å². The van der Waals surface area contributed by atoms with Crippen molar-refractivity contribution in [2.75, 3.05) is 32.9 Å². The standard InChI is InChI=1S/C8H20N2O4S/c1-2-4-9-15(12,13)10-5-3-7-14-8-6-11/h9-11H,2-8H2,1H3. The quantitative estimate of drug-likeness (QED) is 0.437. The van der Waals surface area contributed by atoms with Gasteiger partial charge in [0.15, 0.2) is 0 Å². The summed E-state index contributed by atoms with van der Waals surface area (Å²) in [4.78, 5) is 0. The molecule has 0 saturated heterocycles. The van der Waals surface area contributed by atoms with Crippen molar-refractivity contribution in [2.45, 2.75) is 19.8 Å². The zero-order valence-electron chi connectivity index (χ0n) is 9.03. The Kier molecular flexibility index (Phi) is 8.92. The van der Waals surface area contributed by atoms with Crippen molar-refractivity contribution in [3.8, 4) is 0 Å². The lowest BCUT2D eigenvalue weighted by Crippen LogP contribution is -2.37. The second-order valence-electron chi connectivity index (χ2n) is 2.98. The summed E-state index contributed by atoms with van der Waals surface area (Å²) < 4.78 is 32.1. The smallest absolute Gasteiger partial charge is 0.276 e. The average molecular weight is 240 g/mol. The SMILES string of the molecule is CCCNS(=O)(=O)NCCCOCCO. The third kappa shape index (κ3) is 10.1. The Balaban J connectivity index is 3.41. The molecule has 92 valence electrons. The first kappa shape index (κ1) is 14.8. The summed E-state index contributed by atoms with van der Waals surface area (Å²) in [6, 6.07) is 0. The van der Waals surface area contributed by atoms with E-state index in [0.29, 0.717) is 32.7 Å². The zero-order valence-corrected chi connectivity index (χ0v) is 9.85. The fraction of sp³-hybridized carbons (Fsp3) is 1.00. The van der Waals surface area contributed by atoms with Gasteiger partial charge in [-0.05, 0) is 12.8 Å². The fourth-order valence-electron chi connectivity index (χ4n) is 0.835. The van der Waals surface area contributed by atoms with Crippen molar-refractivity contribution in [2.24, 2.45) is 0 Å². The topological polar surface area (TPSA) is 87.7 Å². The number of nitrogens with one attached hydrogen (secondary N) is 2. The van der Waals surface area contributed by atoms with Crippen molar-refractivity contribution in [1.29, 1.82) is 0 Å². The second kappa shape index (κ2) is 9.05. The maximum absolute atomic E-state index is 11.2. The van der Waals surface area contributed by atoms with Gasteiger partial charge in [0.05, 0.1) is 13.2 Å². The molecule has 0 atom stereocenters. The Morgan fingerprint density at radius 1 is 1.20 bits per heavy atom. The minimum absolute atomic E-state index is 0.0101. The van der Waals surface area contributed by atoms with Crippen molar-refractivity contribution in [1.82, 2.24) is 9.44 Å². The number of aliphatic hydroxyl groups excluding tert-OH is 1. The van der Waals surface area contributed by atoms with Crippen LogP contribution in [-0.4, -0.2) is 46.4 Å². The summed E-state index contributed by atoms with van der Waals surface area (Å²) in [6.07, 6.45) is 1.35. The molecule has 0 spiro atoms. The largest absolute Gasteiger partial charge is 0.394 e. The maximum Gasteiger partial charge on any atom is 0.276 e. The van der Waals surface area contributed by atoms with Gasteiger partial charge in [-0.1, -0.05) is 6.92 Å². The summed E-state index contributed by atoms with van der Waals surface area (Å²) in [7, 11) is -3.34. The van der Waals surface area contributed by atoms with Crippen LogP contribution in [0.15, 0.2) is 0 Å². The predicted molar refractivity (Wildman–Crippen MR) is 57.7 cm³/mol. The molecule has 0 radical (unpaired) electrons. The van der Waals surface area contributed by atoms with Crippen LogP contribution in [0.3, 0.4) is 0 Å². The summed E-state index contributed by atoms with van der Waals surface area (Å²) in [6.45, 7) is 3.40. The van der Waals surface area contributed by atoms with E-state index in [1.54, 1.807) is 0 Å². The van der Waals surface area contributed by atoms with E-state index in [2.05, 4.69) is 9.44 Å². The van der Waals surface area contributed by atoms with E-state index in [-0.39, 0.29) is 6.61 Å². The number of ether oxygens (including phenoxy) is 1. The monoisotopic (exact) mass is 240 g/mol. The highest BCUT2D eigenvalue weighted by Crippen LogP contribution is 1.84. The highest BCUT2D eigenvalue weighted by atomic mass is 32.2. The van der Waals surface area contributed by atoms with E-state index < -0.39 is 10.2 Å². The van der Waals surface area contributed by atoms with Gasteiger partial charge in [-0.25, -0.2) is 9.44 Å². The number of hydrogen-bond acceptors (Lipinski definition) is 4. The minimum atomic E-state index is -3.34. The molecule has 0 aliphatic heterocycles. The molecule has 0 aromatic heterocycles. The summed E-state index contributed by atoms with van der Waals surface area (Å²) in [5.74, 6) is 0. The Morgan fingerprint density at radius 2 is 1.87 bits per heavy atom. The van der Waals surface area contributed by atoms with Gasteiger partial charge in [-0.3, -0.25) is 0 Å². The van der Waals surface area contributed by atoms with E-state index in [4.69, 9.17) is 9.84 Å². The van der Waals surface area contributed by atoms with Gasteiger partial charge in [-0.15, -0.1) is 0 Å². The van der Waals surface area contributed by atoms with Crippen LogP contribution in [-0.2, 0) is 14.9 Å². The van der Waals surface area contributed by atoms with Gasteiger partial charge < -0.3 is 9.84 Å². The molecule has 0 aromatic rings. The lowest BCUT2D eigenvalue weighted by atomic mass is 10.5. The Labute approximate surface area is 91.2 Å². The third-order valence-corrected chi connectivity index (χ3v) is 2.70. The van der Waals surface area contributed by atoms with E-state index in [9.17, 15) is 8.42 Å². The van der Waals surface area contributed by atoms with Gasteiger partial charge in [0.1, 0.15) is 0 Å². The molecule has 0 fully saturated rings. The maximum atomic E-state index is 11.2. The highest BCUT2D eigenvalue weighted by molar-refractivity contribution is 7.87. The molecule has 7 heteroatoms. The summed E-state index contributed by atoms with van der Waals surface area (Å²) in [5, 5.41) is 8.40. The van der Waals surface area contributed by atoms with E-state index in [1.807, 2.05) is 6.92 Å². The first-order valence-electron chi connectivity index (χ1n) is 5.05. The predicted octanol–water partition coefficient (Wildman–Crippen LogP) is -0.781. The van der Waals surface area contributed by atoms with Crippen LogP contribution in [0.2, 0.25) is 0 Å². The molecular weight excluding hydrogens is 220 g/mol. The van der Waals surface area contributed by atoms with Crippen LogP contribution in [0.4, 0.5) is 0 Å². The lowest BCUT2D eigenvalue weighted by molar-refractivity contribution is 0.0913. The zero-order chi connectivity index (χ0) is 11.6. The van der Waals surface area contributed by atoms with Crippen LogP contribution in [0, 0.1) is 0 Å². The first-order chi connectivity index (χ1) is 7.12. The molecule has 15 heavy (non-hydrogen) atoms. The summed E-state index contributed by atoms with van der Waals surface area (Å²) in [5.41, 5.74) is 0.